The lowest BCUT2D eigenvalue weighted by Crippen LogP contribution is -1.90. The first-order valence-electron chi connectivity index (χ1n) is 3.59. The Bertz CT molecular complexity index is 544. The molecule has 0 bridgehead atoms. The van der Waals surface area contributed by atoms with Crippen molar-refractivity contribution in [2.45, 2.75) is 4.90 Å². The Balaban J connectivity index is 2.75. The molecule has 0 amide bonds. The van der Waals surface area contributed by atoms with E-state index in [-0.39, 0.29) is 4.90 Å². The van der Waals surface area contributed by atoms with E-state index in [0.29, 0.717) is 5.39 Å². The van der Waals surface area contributed by atoms with Crippen molar-refractivity contribution < 1.29 is 12.3 Å². The smallest absolute Gasteiger partial charge is 0.332 e. The van der Waals surface area contributed by atoms with Crippen molar-refractivity contribution in [3.63, 3.8) is 0 Å². The van der Waals surface area contributed by atoms with Gasteiger partial charge in [-0.2, -0.15) is 8.42 Å². The zero-order valence-corrected chi connectivity index (χ0v) is 7.31. The molecule has 1 aromatic heterocycles. The van der Waals surface area contributed by atoms with Crippen LogP contribution in [-0.2, 0) is 10.2 Å². The van der Waals surface area contributed by atoms with E-state index in [2.05, 4.69) is 4.98 Å². The molecule has 1 N–H and O–H groups in total. The highest BCUT2D eigenvalue weighted by Gasteiger charge is 2.11. The van der Waals surface area contributed by atoms with E-state index in [1.807, 2.05) is 0 Å². The molecule has 1 aromatic carbocycles. The number of H-pyrrole nitrogens is 1. The summed E-state index contributed by atoms with van der Waals surface area (Å²) in [7, 11) is -4.59. The van der Waals surface area contributed by atoms with E-state index in [9.17, 15) is 12.3 Å². The monoisotopic (exact) mass is 199 g/mol. The van der Waals surface area contributed by atoms with Crippen LogP contribution in [0.4, 0.5) is 3.89 Å². The van der Waals surface area contributed by atoms with E-state index in [0.717, 1.165) is 5.52 Å². The summed E-state index contributed by atoms with van der Waals surface area (Å²) in [6.07, 6.45) is 1.67. The summed E-state index contributed by atoms with van der Waals surface area (Å²) < 4.78 is 33.6. The van der Waals surface area contributed by atoms with Crippen LogP contribution in [0.3, 0.4) is 0 Å². The Morgan fingerprint density at radius 1 is 1.23 bits per heavy atom. The van der Waals surface area contributed by atoms with Gasteiger partial charge >= 0.3 is 10.2 Å². The highest BCUT2D eigenvalue weighted by Crippen LogP contribution is 2.19. The van der Waals surface area contributed by atoms with Crippen LogP contribution in [0.25, 0.3) is 10.9 Å². The summed E-state index contributed by atoms with van der Waals surface area (Å²) in [5.74, 6) is 0. The maximum Gasteiger partial charge on any atom is 0.332 e. The number of nitrogens with one attached hydrogen (secondary N) is 1. The van der Waals surface area contributed by atoms with Gasteiger partial charge < -0.3 is 4.98 Å². The summed E-state index contributed by atoms with van der Waals surface area (Å²) in [6.45, 7) is 0. The molecule has 1 heterocycles. The van der Waals surface area contributed by atoms with Crippen LogP contribution in [0.2, 0.25) is 0 Å². The quantitative estimate of drug-likeness (QED) is 0.712. The van der Waals surface area contributed by atoms with Crippen molar-refractivity contribution in [3.05, 3.63) is 30.5 Å². The topological polar surface area (TPSA) is 49.9 Å². The largest absolute Gasteiger partial charge is 0.361 e. The van der Waals surface area contributed by atoms with E-state index in [4.69, 9.17) is 0 Å². The van der Waals surface area contributed by atoms with Gasteiger partial charge in [0.05, 0.1) is 4.90 Å². The Morgan fingerprint density at radius 2 is 2.00 bits per heavy atom. The van der Waals surface area contributed by atoms with Gasteiger partial charge in [-0.3, -0.25) is 0 Å². The second-order valence-electron chi connectivity index (χ2n) is 2.66. The molecule has 0 aliphatic heterocycles. The molecular weight excluding hydrogens is 193 g/mol. The molecule has 5 heteroatoms. The lowest BCUT2D eigenvalue weighted by Gasteiger charge is -1.94. The SMILES string of the molecule is O=S(=O)(F)c1ccc2[nH]ccc2c1. The number of benzene rings is 1. The van der Waals surface area contributed by atoms with Crippen molar-refractivity contribution in [2.75, 3.05) is 0 Å². The molecule has 0 atom stereocenters. The fourth-order valence-corrected chi connectivity index (χ4v) is 1.68. The molecule has 0 aliphatic rings. The zero-order valence-electron chi connectivity index (χ0n) is 6.49. The highest BCUT2D eigenvalue weighted by atomic mass is 32.3. The van der Waals surface area contributed by atoms with Gasteiger partial charge in [-0.15, -0.1) is 3.89 Å². The first-order chi connectivity index (χ1) is 6.07. The van der Waals surface area contributed by atoms with Crippen molar-refractivity contribution >= 4 is 21.1 Å². The van der Waals surface area contributed by atoms with E-state index in [1.54, 1.807) is 12.3 Å². The predicted octanol–water partition coefficient (Wildman–Crippen LogP) is 1.83. The van der Waals surface area contributed by atoms with Crippen molar-refractivity contribution in [1.29, 1.82) is 0 Å². The number of halogens is 1. The number of hydrogen-bond donors (Lipinski definition) is 1. The molecule has 0 radical (unpaired) electrons. The summed E-state index contributed by atoms with van der Waals surface area (Å²) in [4.78, 5) is 2.58. The van der Waals surface area contributed by atoms with E-state index >= 15 is 0 Å². The number of rotatable bonds is 1. The molecule has 3 nitrogen and oxygen atoms in total. The number of aromatic nitrogens is 1. The Labute approximate surface area is 74.4 Å². The number of hydrogen-bond acceptors (Lipinski definition) is 2. The molecule has 0 saturated heterocycles. The van der Waals surface area contributed by atoms with Gasteiger partial charge in [-0.1, -0.05) is 0 Å². The van der Waals surface area contributed by atoms with Crippen LogP contribution >= 0.6 is 0 Å². The Hall–Kier alpha value is -1.36. The van der Waals surface area contributed by atoms with Crippen molar-refractivity contribution in [2.24, 2.45) is 0 Å². The van der Waals surface area contributed by atoms with Crippen LogP contribution in [0, 0.1) is 0 Å². The fourth-order valence-electron chi connectivity index (χ4n) is 1.18. The van der Waals surface area contributed by atoms with Crippen LogP contribution in [0.15, 0.2) is 35.4 Å². The first-order valence-corrected chi connectivity index (χ1v) is 4.97. The molecule has 68 valence electrons. The highest BCUT2D eigenvalue weighted by molar-refractivity contribution is 7.86. The van der Waals surface area contributed by atoms with E-state index < -0.39 is 10.2 Å². The molecule has 0 aliphatic carbocycles. The maximum absolute atomic E-state index is 12.5. The van der Waals surface area contributed by atoms with Crippen molar-refractivity contribution in [1.82, 2.24) is 4.98 Å². The summed E-state index contributed by atoms with van der Waals surface area (Å²) >= 11 is 0. The van der Waals surface area contributed by atoms with Crippen LogP contribution in [-0.4, -0.2) is 13.4 Å². The molecule has 13 heavy (non-hydrogen) atoms. The van der Waals surface area contributed by atoms with E-state index in [1.165, 1.54) is 18.2 Å². The summed E-state index contributed by atoms with van der Waals surface area (Å²) in [6, 6.07) is 5.74. The standard InChI is InChI=1S/C8H6FNO2S/c9-13(11,12)7-1-2-8-6(5-7)3-4-10-8/h1-5,10H. The lowest BCUT2D eigenvalue weighted by atomic mass is 10.2. The molecule has 0 unspecified atom stereocenters. The third-order valence-electron chi connectivity index (χ3n) is 1.81. The molecule has 2 rings (SSSR count). The van der Waals surface area contributed by atoms with Crippen LogP contribution in [0.5, 0.6) is 0 Å². The van der Waals surface area contributed by atoms with Crippen LogP contribution < -0.4 is 0 Å². The summed E-state index contributed by atoms with van der Waals surface area (Å²) in [5, 5.41) is 0.679. The van der Waals surface area contributed by atoms with Gasteiger partial charge in [-0.25, -0.2) is 0 Å². The molecular formula is C8H6FNO2S. The number of aromatic amines is 1. The minimum Gasteiger partial charge on any atom is -0.361 e. The van der Waals surface area contributed by atoms with Gasteiger partial charge in [0, 0.05) is 17.1 Å². The fraction of sp³-hybridized carbons (Fsp3) is 0. The summed E-state index contributed by atoms with van der Waals surface area (Å²) in [5.41, 5.74) is 0.785. The minimum atomic E-state index is -4.59. The van der Waals surface area contributed by atoms with Gasteiger partial charge in [-0.05, 0) is 24.3 Å². The zero-order chi connectivity index (χ0) is 9.47. The van der Waals surface area contributed by atoms with Gasteiger partial charge in [0.1, 0.15) is 0 Å². The lowest BCUT2D eigenvalue weighted by molar-refractivity contribution is 0.552. The second kappa shape index (κ2) is 2.56. The Kier molecular flexibility index (Phi) is 1.63. The minimum absolute atomic E-state index is 0.306. The van der Waals surface area contributed by atoms with Gasteiger partial charge in [0.15, 0.2) is 0 Å². The third-order valence-corrected chi connectivity index (χ3v) is 2.62. The average Bonchev–Trinajstić information content (AvgIpc) is 2.47. The van der Waals surface area contributed by atoms with Gasteiger partial charge in [0.2, 0.25) is 0 Å². The Morgan fingerprint density at radius 3 is 2.69 bits per heavy atom. The molecule has 0 saturated carbocycles. The first kappa shape index (κ1) is 8.25. The molecule has 2 aromatic rings. The molecule has 0 spiro atoms. The predicted molar refractivity (Wildman–Crippen MR) is 46.6 cm³/mol. The molecule has 0 fully saturated rings. The average molecular weight is 199 g/mol. The van der Waals surface area contributed by atoms with Gasteiger partial charge in [0.25, 0.3) is 0 Å². The van der Waals surface area contributed by atoms with Crippen LogP contribution in [0.1, 0.15) is 0 Å². The third kappa shape index (κ3) is 1.42. The maximum atomic E-state index is 12.5. The second-order valence-corrected chi connectivity index (χ2v) is 4.01. The van der Waals surface area contributed by atoms with Crippen molar-refractivity contribution in [3.8, 4) is 0 Å². The normalized spacial score (nSPS) is 12.1. The number of fused-ring (bicyclic) bond motifs is 1.